The second-order valence-electron chi connectivity index (χ2n) is 6.92. The molecule has 1 aliphatic heterocycles. The fourth-order valence-electron chi connectivity index (χ4n) is 3.02. The van der Waals surface area contributed by atoms with Gasteiger partial charge in [-0.05, 0) is 23.6 Å². The van der Waals surface area contributed by atoms with E-state index in [1.165, 1.54) is 13.2 Å². The number of aliphatic imine (C=N–C) groups is 1. The number of nitrogens with zero attached hydrogens (tertiary/aromatic N) is 2. The van der Waals surface area contributed by atoms with Gasteiger partial charge in [0.05, 0.1) is 19.8 Å². The molecule has 26 heavy (non-hydrogen) atoms. The smallest absolute Gasteiger partial charge is 0.191 e. The average molecular weight is 366 g/mol. The number of ether oxygens (including phenoxy) is 2. The Morgan fingerprint density at radius 1 is 1.42 bits per heavy atom. The van der Waals surface area contributed by atoms with E-state index in [2.05, 4.69) is 34.4 Å². The van der Waals surface area contributed by atoms with Gasteiger partial charge in [-0.25, -0.2) is 4.39 Å². The SMILES string of the molecule is CN=C(NCc1ccc(OC)c(F)c1)NCC1CN(CC(C)C)CCO1. The number of hydrogen-bond acceptors (Lipinski definition) is 4. The van der Waals surface area contributed by atoms with Crippen LogP contribution in [0.4, 0.5) is 4.39 Å². The van der Waals surface area contributed by atoms with Gasteiger partial charge in [-0.15, -0.1) is 0 Å². The molecule has 1 aliphatic rings. The highest BCUT2D eigenvalue weighted by Gasteiger charge is 2.21. The quantitative estimate of drug-likeness (QED) is 0.570. The fraction of sp³-hybridized carbons (Fsp3) is 0.632. The van der Waals surface area contributed by atoms with Gasteiger partial charge >= 0.3 is 0 Å². The lowest BCUT2D eigenvalue weighted by Gasteiger charge is -2.34. The summed E-state index contributed by atoms with van der Waals surface area (Å²) in [5, 5.41) is 6.48. The van der Waals surface area contributed by atoms with E-state index in [4.69, 9.17) is 9.47 Å². The number of benzene rings is 1. The molecule has 1 fully saturated rings. The minimum Gasteiger partial charge on any atom is -0.494 e. The van der Waals surface area contributed by atoms with Crippen molar-refractivity contribution in [1.82, 2.24) is 15.5 Å². The molecule has 0 aromatic heterocycles. The molecule has 0 aliphatic carbocycles. The van der Waals surface area contributed by atoms with E-state index >= 15 is 0 Å². The number of guanidine groups is 1. The fourth-order valence-corrected chi connectivity index (χ4v) is 3.02. The molecule has 1 atom stereocenters. The van der Waals surface area contributed by atoms with Crippen molar-refractivity contribution in [3.05, 3.63) is 29.6 Å². The van der Waals surface area contributed by atoms with Crippen LogP contribution >= 0.6 is 0 Å². The normalized spacial score (nSPS) is 18.8. The maximum absolute atomic E-state index is 13.8. The van der Waals surface area contributed by atoms with Crippen molar-refractivity contribution in [3.8, 4) is 5.75 Å². The van der Waals surface area contributed by atoms with E-state index < -0.39 is 0 Å². The summed E-state index contributed by atoms with van der Waals surface area (Å²) in [6.07, 6.45) is 0.138. The molecule has 1 aromatic carbocycles. The molecule has 6 nitrogen and oxygen atoms in total. The summed E-state index contributed by atoms with van der Waals surface area (Å²) >= 11 is 0. The minimum atomic E-state index is -0.365. The van der Waals surface area contributed by atoms with Crippen LogP contribution in [0.5, 0.6) is 5.75 Å². The molecule has 1 heterocycles. The van der Waals surface area contributed by atoms with Crippen LogP contribution in [0, 0.1) is 11.7 Å². The molecule has 7 heteroatoms. The second kappa shape index (κ2) is 10.3. The van der Waals surface area contributed by atoms with E-state index in [1.54, 1.807) is 13.1 Å². The van der Waals surface area contributed by atoms with Gasteiger partial charge in [0.15, 0.2) is 17.5 Å². The monoisotopic (exact) mass is 366 g/mol. The van der Waals surface area contributed by atoms with E-state index in [0.29, 0.717) is 25.0 Å². The third kappa shape index (κ3) is 6.46. The highest BCUT2D eigenvalue weighted by atomic mass is 19.1. The molecule has 0 spiro atoms. The topological polar surface area (TPSA) is 58.1 Å². The molecule has 1 aromatic rings. The lowest BCUT2D eigenvalue weighted by Crippen LogP contribution is -2.50. The Kier molecular flexibility index (Phi) is 8.12. The number of nitrogens with one attached hydrogen (secondary N) is 2. The van der Waals surface area contributed by atoms with Crippen LogP contribution in [0.1, 0.15) is 19.4 Å². The Balaban J connectivity index is 1.78. The number of halogens is 1. The summed E-state index contributed by atoms with van der Waals surface area (Å²) in [5.41, 5.74) is 0.822. The molecule has 0 bridgehead atoms. The van der Waals surface area contributed by atoms with Gasteiger partial charge in [0.1, 0.15) is 0 Å². The number of hydrogen-bond donors (Lipinski definition) is 2. The molecular formula is C19H31FN4O2. The summed E-state index contributed by atoms with van der Waals surface area (Å²) in [5.74, 6) is 1.21. The van der Waals surface area contributed by atoms with Crippen LogP contribution in [0.15, 0.2) is 23.2 Å². The third-order valence-corrected chi connectivity index (χ3v) is 4.24. The van der Waals surface area contributed by atoms with Crippen molar-refractivity contribution < 1.29 is 13.9 Å². The van der Waals surface area contributed by atoms with Crippen LogP contribution in [-0.2, 0) is 11.3 Å². The van der Waals surface area contributed by atoms with Crippen LogP contribution < -0.4 is 15.4 Å². The van der Waals surface area contributed by atoms with Crippen LogP contribution in [0.2, 0.25) is 0 Å². The molecule has 1 unspecified atom stereocenters. The number of rotatable bonds is 7. The van der Waals surface area contributed by atoms with Crippen LogP contribution in [0.3, 0.4) is 0 Å². The lowest BCUT2D eigenvalue weighted by molar-refractivity contribution is -0.0284. The molecular weight excluding hydrogens is 335 g/mol. The largest absolute Gasteiger partial charge is 0.494 e. The summed E-state index contributed by atoms with van der Waals surface area (Å²) in [6.45, 7) is 9.40. The van der Waals surface area contributed by atoms with Gasteiger partial charge < -0.3 is 20.1 Å². The van der Waals surface area contributed by atoms with Crippen molar-refractivity contribution in [3.63, 3.8) is 0 Å². The molecule has 0 saturated carbocycles. The van der Waals surface area contributed by atoms with Gasteiger partial charge in [0.2, 0.25) is 0 Å². The first-order chi connectivity index (χ1) is 12.5. The Bertz CT molecular complexity index is 595. The number of methoxy groups -OCH3 is 1. The first kappa shape index (κ1) is 20.5. The van der Waals surface area contributed by atoms with Gasteiger partial charge in [0, 0.05) is 39.8 Å². The molecule has 2 N–H and O–H groups in total. The first-order valence-electron chi connectivity index (χ1n) is 9.12. The second-order valence-corrected chi connectivity index (χ2v) is 6.92. The highest BCUT2D eigenvalue weighted by molar-refractivity contribution is 5.79. The maximum Gasteiger partial charge on any atom is 0.191 e. The summed E-state index contributed by atoms with van der Waals surface area (Å²) < 4.78 is 24.5. The lowest BCUT2D eigenvalue weighted by atomic mass is 10.2. The zero-order valence-electron chi connectivity index (χ0n) is 16.2. The summed E-state index contributed by atoms with van der Waals surface area (Å²) in [7, 11) is 3.18. The summed E-state index contributed by atoms with van der Waals surface area (Å²) in [6, 6.07) is 4.92. The van der Waals surface area contributed by atoms with Crippen molar-refractivity contribution in [1.29, 1.82) is 0 Å². The zero-order chi connectivity index (χ0) is 18.9. The first-order valence-corrected chi connectivity index (χ1v) is 9.12. The number of morpholine rings is 1. The standard InChI is InChI=1S/C19H31FN4O2/c1-14(2)12-24-7-8-26-16(13-24)11-23-19(21-3)22-10-15-5-6-18(25-4)17(20)9-15/h5-6,9,14,16H,7-8,10-13H2,1-4H3,(H2,21,22,23). The molecule has 1 saturated heterocycles. The van der Waals surface area contributed by atoms with E-state index in [0.717, 1.165) is 31.8 Å². The highest BCUT2D eigenvalue weighted by Crippen LogP contribution is 2.17. The van der Waals surface area contributed by atoms with Crippen molar-refractivity contribution in [2.45, 2.75) is 26.5 Å². The van der Waals surface area contributed by atoms with Crippen molar-refractivity contribution in [2.75, 3.05) is 46.9 Å². The Morgan fingerprint density at radius 2 is 2.23 bits per heavy atom. The minimum absolute atomic E-state index is 0.138. The van der Waals surface area contributed by atoms with Crippen LogP contribution in [-0.4, -0.2) is 63.9 Å². The van der Waals surface area contributed by atoms with E-state index in [9.17, 15) is 4.39 Å². The maximum atomic E-state index is 13.8. The Morgan fingerprint density at radius 3 is 2.88 bits per heavy atom. The molecule has 146 valence electrons. The summed E-state index contributed by atoms with van der Waals surface area (Å²) in [4.78, 5) is 6.66. The van der Waals surface area contributed by atoms with Gasteiger partial charge in [-0.1, -0.05) is 19.9 Å². The van der Waals surface area contributed by atoms with E-state index in [1.807, 2.05) is 6.07 Å². The van der Waals surface area contributed by atoms with E-state index in [-0.39, 0.29) is 17.7 Å². The average Bonchev–Trinajstić information content (AvgIpc) is 2.62. The van der Waals surface area contributed by atoms with Crippen LogP contribution in [0.25, 0.3) is 0 Å². The predicted molar refractivity (Wildman–Crippen MR) is 102 cm³/mol. The van der Waals surface area contributed by atoms with Crippen molar-refractivity contribution in [2.24, 2.45) is 10.9 Å². The zero-order valence-corrected chi connectivity index (χ0v) is 16.2. The third-order valence-electron chi connectivity index (χ3n) is 4.24. The predicted octanol–water partition coefficient (Wildman–Crippen LogP) is 1.86. The molecule has 0 radical (unpaired) electrons. The Hall–Kier alpha value is -1.86. The molecule has 2 rings (SSSR count). The molecule has 0 amide bonds. The van der Waals surface area contributed by atoms with Gasteiger partial charge in [-0.2, -0.15) is 0 Å². The Labute approximate surface area is 155 Å². The van der Waals surface area contributed by atoms with Gasteiger partial charge in [0.25, 0.3) is 0 Å². The van der Waals surface area contributed by atoms with Gasteiger partial charge in [-0.3, -0.25) is 9.89 Å². The van der Waals surface area contributed by atoms with Crippen molar-refractivity contribution >= 4 is 5.96 Å².